The number of rotatable bonds is 5. The Morgan fingerprint density at radius 3 is 2.70 bits per heavy atom. The van der Waals surface area contributed by atoms with Crippen LogP contribution >= 0.6 is 11.3 Å². The number of amides is 1. The average molecular weight is 391 g/mol. The molecule has 2 aromatic heterocycles. The minimum atomic E-state index is -0.156. The van der Waals surface area contributed by atoms with Gasteiger partial charge < -0.3 is 9.80 Å². The predicted molar refractivity (Wildman–Crippen MR) is 107 cm³/mol. The molecular formula is C18H26N6O2S. The number of aryl methyl sites for hydroxylation is 2. The van der Waals surface area contributed by atoms with E-state index in [2.05, 4.69) is 19.9 Å². The van der Waals surface area contributed by atoms with E-state index in [0.717, 1.165) is 34.2 Å². The van der Waals surface area contributed by atoms with Crippen molar-refractivity contribution in [1.82, 2.24) is 24.8 Å². The fraction of sp³-hybridized carbons (Fsp3) is 0.556. The molecule has 0 saturated carbocycles. The van der Waals surface area contributed by atoms with Gasteiger partial charge in [-0.3, -0.25) is 19.5 Å². The topological polar surface area (TPSA) is 85.4 Å². The normalized spacial score (nSPS) is 17.0. The van der Waals surface area contributed by atoms with Gasteiger partial charge in [0.25, 0.3) is 11.5 Å². The second-order valence-corrected chi connectivity index (χ2v) is 8.41. The van der Waals surface area contributed by atoms with E-state index in [1.165, 1.54) is 17.4 Å². The molecule has 0 radical (unpaired) electrons. The number of likely N-dealkylation sites (tertiary alicyclic amines) is 1. The maximum atomic E-state index is 12.8. The molecule has 1 unspecified atom stereocenters. The molecule has 0 spiro atoms. The van der Waals surface area contributed by atoms with Crippen molar-refractivity contribution in [2.24, 2.45) is 0 Å². The Hall–Kier alpha value is -2.26. The van der Waals surface area contributed by atoms with Crippen LogP contribution in [0, 0.1) is 13.8 Å². The number of aromatic nitrogens is 3. The molecule has 0 aliphatic carbocycles. The standard InChI is InChI=1S/C18H26N6O2S/c1-11-16(27-12(2)19-11)17(26)24-7-6-14(10-24)23(5)9-13-8-15(25)21-18(20-13)22(3)4/h8,14H,6-7,9-10H2,1-5H3,(H,20,21,25). The molecule has 1 fully saturated rings. The number of nitrogens with one attached hydrogen (secondary N) is 1. The first-order chi connectivity index (χ1) is 12.7. The summed E-state index contributed by atoms with van der Waals surface area (Å²) in [6.45, 7) is 5.78. The number of anilines is 1. The summed E-state index contributed by atoms with van der Waals surface area (Å²) in [7, 11) is 5.70. The number of aromatic amines is 1. The fourth-order valence-electron chi connectivity index (χ4n) is 3.33. The van der Waals surface area contributed by atoms with Gasteiger partial charge in [-0.25, -0.2) is 9.97 Å². The minimum absolute atomic E-state index is 0.0678. The number of carbonyl (C=O) groups excluding carboxylic acids is 1. The van der Waals surface area contributed by atoms with Crippen LogP contribution < -0.4 is 10.5 Å². The van der Waals surface area contributed by atoms with Gasteiger partial charge in [0.05, 0.1) is 16.4 Å². The molecule has 0 bridgehead atoms. The highest BCUT2D eigenvalue weighted by atomic mass is 32.1. The maximum Gasteiger partial charge on any atom is 0.265 e. The molecule has 1 N–H and O–H groups in total. The molecule has 9 heteroatoms. The first kappa shape index (κ1) is 19.5. The first-order valence-electron chi connectivity index (χ1n) is 8.95. The Balaban J connectivity index is 1.66. The Bertz CT molecular complexity index is 890. The summed E-state index contributed by atoms with van der Waals surface area (Å²) >= 11 is 1.46. The number of thiazole rings is 1. The molecule has 1 atom stereocenters. The average Bonchev–Trinajstić information content (AvgIpc) is 3.20. The van der Waals surface area contributed by atoms with E-state index >= 15 is 0 Å². The first-order valence-corrected chi connectivity index (χ1v) is 9.77. The zero-order valence-electron chi connectivity index (χ0n) is 16.4. The van der Waals surface area contributed by atoms with Crippen molar-refractivity contribution >= 4 is 23.2 Å². The zero-order valence-corrected chi connectivity index (χ0v) is 17.3. The molecule has 146 valence electrons. The predicted octanol–water partition coefficient (Wildman–Crippen LogP) is 1.26. The van der Waals surface area contributed by atoms with Crippen LogP contribution in [0.25, 0.3) is 0 Å². The van der Waals surface area contributed by atoms with Crippen molar-refractivity contribution in [3.63, 3.8) is 0 Å². The molecule has 3 heterocycles. The van der Waals surface area contributed by atoms with Crippen LogP contribution in [0.3, 0.4) is 0 Å². The van der Waals surface area contributed by atoms with Crippen LogP contribution in [0.1, 0.15) is 32.5 Å². The molecule has 1 aliphatic heterocycles. The van der Waals surface area contributed by atoms with Gasteiger partial charge in [-0.2, -0.15) is 0 Å². The maximum absolute atomic E-state index is 12.8. The summed E-state index contributed by atoms with van der Waals surface area (Å²) < 4.78 is 0. The summed E-state index contributed by atoms with van der Waals surface area (Å²) in [5.74, 6) is 0.614. The van der Waals surface area contributed by atoms with E-state index < -0.39 is 0 Å². The van der Waals surface area contributed by atoms with E-state index in [1.54, 1.807) is 4.90 Å². The third-order valence-electron chi connectivity index (χ3n) is 4.79. The lowest BCUT2D eigenvalue weighted by molar-refractivity contribution is 0.0783. The minimum Gasteiger partial charge on any atom is -0.348 e. The Morgan fingerprint density at radius 2 is 2.07 bits per heavy atom. The van der Waals surface area contributed by atoms with Gasteiger partial charge in [-0.1, -0.05) is 0 Å². The lowest BCUT2D eigenvalue weighted by atomic mass is 10.2. The lowest BCUT2D eigenvalue weighted by Crippen LogP contribution is -2.36. The van der Waals surface area contributed by atoms with Crippen LogP contribution in [0.15, 0.2) is 10.9 Å². The molecule has 1 saturated heterocycles. The van der Waals surface area contributed by atoms with E-state index in [1.807, 2.05) is 39.9 Å². The molecule has 1 aliphatic rings. The molecular weight excluding hydrogens is 364 g/mol. The Morgan fingerprint density at radius 1 is 1.33 bits per heavy atom. The summed E-state index contributed by atoms with van der Waals surface area (Å²) in [6, 6.07) is 1.78. The van der Waals surface area contributed by atoms with Crippen molar-refractivity contribution in [3.05, 3.63) is 37.7 Å². The molecule has 27 heavy (non-hydrogen) atoms. The van der Waals surface area contributed by atoms with E-state index in [-0.39, 0.29) is 17.5 Å². The summed E-state index contributed by atoms with van der Waals surface area (Å²) in [5, 5.41) is 0.917. The van der Waals surface area contributed by atoms with Crippen molar-refractivity contribution in [1.29, 1.82) is 0 Å². The highest BCUT2D eigenvalue weighted by Crippen LogP contribution is 2.23. The van der Waals surface area contributed by atoms with Crippen molar-refractivity contribution in [3.8, 4) is 0 Å². The second-order valence-electron chi connectivity index (χ2n) is 7.21. The van der Waals surface area contributed by atoms with Gasteiger partial charge in [0.2, 0.25) is 5.95 Å². The van der Waals surface area contributed by atoms with Gasteiger partial charge in [0.1, 0.15) is 4.88 Å². The molecule has 3 rings (SSSR count). The van der Waals surface area contributed by atoms with Crippen molar-refractivity contribution < 1.29 is 4.79 Å². The van der Waals surface area contributed by atoms with Crippen LogP contribution in [0.4, 0.5) is 5.95 Å². The van der Waals surface area contributed by atoms with Gasteiger partial charge in [-0.15, -0.1) is 11.3 Å². The quantitative estimate of drug-likeness (QED) is 0.827. The van der Waals surface area contributed by atoms with Gasteiger partial charge in [-0.05, 0) is 27.3 Å². The Labute approximate surface area is 162 Å². The smallest absolute Gasteiger partial charge is 0.265 e. The number of hydrogen-bond donors (Lipinski definition) is 1. The number of likely N-dealkylation sites (N-methyl/N-ethyl adjacent to an activating group) is 1. The third-order valence-corrected chi connectivity index (χ3v) is 5.85. The highest BCUT2D eigenvalue weighted by molar-refractivity contribution is 7.13. The number of carbonyl (C=O) groups is 1. The third kappa shape index (κ3) is 4.36. The summed E-state index contributed by atoms with van der Waals surface area (Å²) in [4.78, 5) is 42.8. The SMILES string of the molecule is Cc1nc(C)c(C(=O)N2CCC(N(C)Cc3cc(=O)[nH]c(N(C)C)n3)C2)s1. The fourth-order valence-corrected chi connectivity index (χ4v) is 4.22. The molecule has 2 aromatic rings. The number of hydrogen-bond acceptors (Lipinski definition) is 7. The van der Waals surface area contributed by atoms with Gasteiger partial charge in [0.15, 0.2) is 0 Å². The van der Waals surface area contributed by atoms with E-state index in [4.69, 9.17) is 0 Å². The van der Waals surface area contributed by atoms with Crippen molar-refractivity contribution in [2.45, 2.75) is 32.9 Å². The van der Waals surface area contributed by atoms with Gasteiger partial charge in [0, 0.05) is 45.8 Å². The zero-order chi connectivity index (χ0) is 19.7. The van der Waals surface area contributed by atoms with Crippen molar-refractivity contribution in [2.75, 3.05) is 39.1 Å². The van der Waals surface area contributed by atoms with E-state index in [9.17, 15) is 9.59 Å². The Kier molecular flexibility index (Phi) is 5.61. The lowest BCUT2D eigenvalue weighted by Gasteiger charge is -2.24. The largest absolute Gasteiger partial charge is 0.348 e. The number of nitrogens with zero attached hydrogens (tertiary/aromatic N) is 5. The van der Waals surface area contributed by atoms with Crippen LogP contribution in [-0.2, 0) is 6.54 Å². The highest BCUT2D eigenvalue weighted by Gasteiger charge is 2.31. The van der Waals surface area contributed by atoms with Crippen LogP contribution in [0.2, 0.25) is 0 Å². The van der Waals surface area contributed by atoms with Crippen LogP contribution in [-0.4, -0.2) is 70.9 Å². The molecule has 0 aromatic carbocycles. The second kappa shape index (κ2) is 7.77. The number of H-pyrrole nitrogens is 1. The molecule has 8 nitrogen and oxygen atoms in total. The van der Waals surface area contributed by atoms with Gasteiger partial charge >= 0.3 is 0 Å². The monoisotopic (exact) mass is 390 g/mol. The van der Waals surface area contributed by atoms with Crippen LogP contribution in [0.5, 0.6) is 0 Å². The summed E-state index contributed by atoms with van der Waals surface area (Å²) in [6.07, 6.45) is 0.906. The molecule has 1 amide bonds. The summed E-state index contributed by atoms with van der Waals surface area (Å²) in [5.41, 5.74) is 1.38. The van der Waals surface area contributed by atoms with E-state index in [0.29, 0.717) is 19.0 Å².